The molecule has 0 saturated heterocycles. The molecule has 0 fully saturated rings. The fourth-order valence-corrected chi connectivity index (χ4v) is 8.23. The fourth-order valence-electron chi connectivity index (χ4n) is 8.23. The zero-order valence-corrected chi connectivity index (χ0v) is 38.1. The van der Waals surface area contributed by atoms with Gasteiger partial charge in [0.05, 0.1) is 23.8 Å². The van der Waals surface area contributed by atoms with Gasteiger partial charge < -0.3 is 36.5 Å². The molecule has 17 nitrogen and oxygen atoms in total. The quantitative estimate of drug-likeness (QED) is 0.0402. The van der Waals surface area contributed by atoms with Crippen molar-refractivity contribution >= 4 is 79.9 Å². The van der Waals surface area contributed by atoms with E-state index in [4.69, 9.17) is 20.2 Å². The number of imide groups is 1. The summed E-state index contributed by atoms with van der Waals surface area (Å²) in [5.74, 6) is -1.86. The lowest BCUT2D eigenvalue weighted by atomic mass is 10.0. The summed E-state index contributed by atoms with van der Waals surface area (Å²) >= 11 is 0. The molecule has 7 rings (SSSR count). The number of carbonyl (C=O) groups is 7. The molecule has 0 radical (unpaired) electrons. The Morgan fingerprint density at radius 1 is 0.779 bits per heavy atom. The molecule has 3 heterocycles. The minimum absolute atomic E-state index is 0.0968. The number of fused-ring (bicyclic) bond motifs is 4. The number of hydrogen-bond acceptors (Lipinski definition) is 10. The largest absolute Gasteiger partial charge is 0.497 e. The van der Waals surface area contributed by atoms with Crippen LogP contribution in [0.5, 0.6) is 5.75 Å². The number of nitrogens with zero attached hydrogens (tertiary/aromatic N) is 3. The average molecular weight is 923 g/mol. The highest BCUT2D eigenvalue weighted by Gasteiger charge is 2.29. The summed E-state index contributed by atoms with van der Waals surface area (Å²) in [5, 5.41) is 14.5. The van der Waals surface area contributed by atoms with Crippen LogP contribution < -0.4 is 31.7 Å². The Labute approximate surface area is 392 Å². The molecular weight excluding hydrogens is 869 g/mol. The molecule has 6 aromatic rings. The first kappa shape index (κ1) is 47.9. The predicted molar refractivity (Wildman–Crippen MR) is 257 cm³/mol. The van der Waals surface area contributed by atoms with Crippen molar-refractivity contribution in [1.82, 2.24) is 30.4 Å². The number of nitrogens with two attached hydrogens (primary N) is 1. The van der Waals surface area contributed by atoms with Gasteiger partial charge >= 0.3 is 12.1 Å². The number of carbonyl (C=O) groups excluding carboxylic acids is 7. The number of ether oxygens (including phenoxy) is 2. The van der Waals surface area contributed by atoms with Gasteiger partial charge in [0.1, 0.15) is 24.4 Å². The third-order valence-corrected chi connectivity index (χ3v) is 11.7. The SMILES string of the molecule is COc1ccc2c(c1)c1ccnc(-c3cccc4ccccc34)c1n2C(=O)OCc1ccc(NC(=O)[C@H](CCCNC(N)=O)NC(=O)[C@@H](NC(=O)CCCCCN2C(=O)C=CC2=O)C(C)C)cc1. The summed E-state index contributed by atoms with van der Waals surface area (Å²) in [4.78, 5) is 95.4. The maximum atomic E-state index is 14.2. The standard InChI is InChI=1S/C51H54N8O9/c1-31(2)45(57-42(60)16-5-4-8-28-58-43(61)23-24-44(58)62)49(64)56-40(15-10-26-54-50(52)65)48(63)55-34-19-17-32(18-20-34)30-68-51(66)59-41-22-21-35(67-3)29-39(41)38-25-27-53-46(47(38)59)37-14-9-12-33-11-6-7-13-36(33)37/h6-7,9,11-14,17-25,27,29,31,40,45H,4-5,8,10,15-16,26,28,30H2,1-3H3,(H,55,63)(H,56,64)(H,57,60)(H3,52,54,65)/t40-,45-/m0/s1. The highest BCUT2D eigenvalue weighted by atomic mass is 16.5. The molecule has 1 aliphatic heterocycles. The van der Waals surface area contributed by atoms with E-state index in [1.165, 1.54) is 16.7 Å². The van der Waals surface area contributed by atoms with Crippen molar-refractivity contribution in [3.8, 4) is 17.0 Å². The summed E-state index contributed by atoms with van der Waals surface area (Å²) < 4.78 is 13.0. The number of pyridine rings is 1. The number of amides is 7. The van der Waals surface area contributed by atoms with Crippen LogP contribution in [-0.2, 0) is 35.3 Å². The van der Waals surface area contributed by atoms with E-state index in [9.17, 15) is 33.6 Å². The number of methoxy groups -OCH3 is 1. The van der Waals surface area contributed by atoms with Gasteiger partial charge in [0, 0.05) is 59.9 Å². The molecular formula is C51H54N8O9. The highest BCUT2D eigenvalue weighted by Crippen LogP contribution is 2.38. The summed E-state index contributed by atoms with van der Waals surface area (Å²) in [7, 11) is 1.59. The molecule has 6 N–H and O–H groups in total. The van der Waals surface area contributed by atoms with Gasteiger partial charge in [-0.3, -0.25) is 33.9 Å². The van der Waals surface area contributed by atoms with E-state index in [2.05, 4.69) is 21.3 Å². The summed E-state index contributed by atoms with van der Waals surface area (Å²) in [6.07, 6.45) is 5.71. The molecule has 0 saturated carbocycles. The number of unbranched alkanes of at least 4 members (excludes halogenated alkanes) is 2. The van der Waals surface area contributed by atoms with Crippen LogP contribution in [0.4, 0.5) is 15.3 Å². The molecule has 17 heteroatoms. The minimum Gasteiger partial charge on any atom is -0.497 e. The third-order valence-electron chi connectivity index (χ3n) is 11.7. The molecule has 0 spiro atoms. The van der Waals surface area contributed by atoms with Crippen LogP contribution in [0.15, 0.2) is 109 Å². The molecule has 0 unspecified atom stereocenters. The van der Waals surface area contributed by atoms with Crippen molar-refractivity contribution in [3.05, 3.63) is 115 Å². The van der Waals surface area contributed by atoms with E-state index in [1.807, 2.05) is 60.7 Å². The van der Waals surface area contributed by atoms with E-state index in [-0.39, 0.29) is 56.2 Å². The lowest BCUT2D eigenvalue weighted by Gasteiger charge is -2.25. The smallest absolute Gasteiger partial charge is 0.419 e. The van der Waals surface area contributed by atoms with Gasteiger partial charge in [-0.15, -0.1) is 0 Å². The molecule has 0 aliphatic carbocycles. The lowest BCUT2D eigenvalue weighted by molar-refractivity contribution is -0.137. The number of hydrogen-bond donors (Lipinski definition) is 5. The zero-order chi connectivity index (χ0) is 48.3. The average Bonchev–Trinajstić information content (AvgIpc) is 3.84. The summed E-state index contributed by atoms with van der Waals surface area (Å²) in [6, 6.07) is 25.3. The molecule has 7 amide bonds. The number of urea groups is 1. The maximum absolute atomic E-state index is 14.2. The van der Waals surface area contributed by atoms with Crippen LogP contribution in [0.1, 0.15) is 57.9 Å². The first-order chi connectivity index (χ1) is 32.8. The molecule has 4 aromatic carbocycles. The van der Waals surface area contributed by atoms with Crippen molar-refractivity contribution in [1.29, 1.82) is 0 Å². The number of benzene rings is 4. The van der Waals surface area contributed by atoms with Crippen LogP contribution >= 0.6 is 0 Å². The Bertz CT molecular complexity index is 2890. The van der Waals surface area contributed by atoms with Gasteiger partial charge in [-0.2, -0.15) is 0 Å². The monoisotopic (exact) mass is 922 g/mol. The summed E-state index contributed by atoms with van der Waals surface area (Å²) in [6.45, 7) is 3.87. The van der Waals surface area contributed by atoms with E-state index in [1.54, 1.807) is 57.5 Å². The highest BCUT2D eigenvalue weighted by molar-refractivity contribution is 6.17. The van der Waals surface area contributed by atoms with Gasteiger partial charge in [0.15, 0.2) is 0 Å². The first-order valence-corrected chi connectivity index (χ1v) is 22.5. The Balaban J connectivity index is 1.00. The fraction of sp³-hybridized carbons (Fsp3) is 0.294. The van der Waals surface area contributed by atoms with E-state index >= 15 is 0 Å². The number of anilines is 1. The van der Waals surface area contributed by atoms with Gasteiger partial charge in [0.25, 0.3) is 11.8 Å². The lowest BCUT2D eigenvalue weighted by Crippen LogP contribution is -2.54. The number of nitrogens with one attached hydrogen (secondary N) is 4. The Morgan fingerprint density at radius 2 is 1.53 bits per heavy atom. The van der Waals surface area contributed by atoms with Gasteiger partial charge in [-0.25, -0.2) is 14.2 Å². The van der Waals surface area contributed by atoms with Crippen molar-refractivity contribution < 1.29 is 43.0 Å². The van der Waals surface area contributed by atoms with Gasteiger partial charge in [0.2, 0.25) is 17.7 Å². The molecule has 1 aliphatic rings. The van der Waals surface area contributed by atoms with Crippen molar-refractivity contribution in [3.63, 3.8) is 0 Å². The normalized spacial score (nSPS) is 13.2. The Hall–Kier alpha value is -8.08. The molecule has 2 aromatic heterocycles. The molecule has 352 valence electrons. The zero-order valence-electron chi connectivity index (χ0n) is 38.1. The number of rotatable bonds is 20. The van der Waals surface area contributed by atoms with Gasteiger partial charge in [-0.05, 0) is 84.3 Å². The molecule has 0 bridgehead atoms. The van der Waals surface area contributed by atoms with E-state index in [0.717, 1.165) is 32.0 Å². The molecule has 2 atom stereocenters. The van der Waals surface area contributed by atoms with Crippen LogP contribution in [0.3, 0.4) is 0 Å². The number of aromatic nitrogens is 2. The van der Waals surface area contributed by atoms with Gasteiger partial charge in [-0.1, -0.05) is 74.9 Å². The van der Waals surface area contributed by atoms with Crippen LogP contribution in [0.25, 0.3) is 43.8 Å². The third kappa shape index (κ3) is 11.3. The van der Waals surface area contributed by atoms with Crippen molar-refractivity contribution in [2.75, 3.05) is 25.5 Å². The van der Waals surface area contributed by atoms with Crippen molar-refractivity contribution in [2.45, 2.75) is 71.1 Å². The van der Waals surface area contributed by atoms with Crippen LogP contribution in [-0.4, -0.2) is 88.4 Å². The molecule has 68 heavy (non-hydrogen) atoms. The van der Waals surface area contributed by atoms with E-state index < -0.39 is 36.0 Å². The summed E-state index contributed by atoms with van der Waals surface area (Å²) in [5.41, 5.74) is 8.95. The first-order valence-electron chi connectivity index (χ1n) is 22.5. The van der Waals surface area contributed by atoms with E-state index in [0.29, 0.717) is 59.4 Å². The topological polar surface area (TPSA) is 233 Å². The Kier molecular flexibility index (Phi) is 15.4. The predicted octanol–water partition coefficient (Wildman–Crippen LogP) is 6.70. The maximum Gasteiger partial charge on any atom is 0.419 e. The minimum atomic E-state index is -1.05. The van der Waals surface area contributed by atoms with Crippen LogP contribution in [0, 0.1) is 5.92 Å². The van der Waals surface area contributed by atoms with Crippen LogP contribution in [0.2, 0.25) is 0 Å². The second kappa shape index (κ2) is 21.9. The second-order valence-electron chi connectivity index (χ2n) is 16.8. The number of primary amides is 1. The van der Waals surface area contributed by atoms with Crippen molar-refractivity contribution in [2.24, 2.45) is 11.7 Å². The Morgan fingerprint density at radius 3 is 2.26 bits per heavy atom. The second-order valence-corrected chi connectivity index (χ2v) is 16.8.